The fourth-order valence-corrected chi connectivity index (χ4v) is 2.90. The van der Waals surface area contributed by atoms with Crippen molar-refractivity contribution < 1.29 is 9.47 Å². The van der Waals surface area contributed by atoms with Crippen molar-refractivity contribution >= 4 is 17.3 Å². The fourth-order valence-electron chi connectivity index (χ4n) is 2.71. The molecule has 2 aliphatic rings. The van der Waals surface area contributed by atoms with E-state index >= 15 is 0 Å². The number of hydrogen-bond donors (Lipinski definition) is 1. The first-order valence-corrected chi connectivity index (χ1v) is 7.24. The summed E-state index contributed by atoms with van der Waals surface area (Å²) in [5.41, 5.74) is 6.92. The Morgan fingerprint density at radius 1 is 1.20 bits per heavy atom. The van der Waals surface area contributed by atoms with E-state index in [0.29, 0.717) is 17.9 Å². The van der Waals surface area contributed by atoms with E-state index in [0.717, 1.165) is 37.7 Å². The molecular weight excluding hydrogens is 274 g/mol. The van der Waals surface area contributed by atoms with E-state index in [2.05, 4.69) is 28.9 Å². The van der Waals surface area contributed by atoms with Gasteiger partial charge >= 0.3 is 0 Å². The van der Waals surface area contributed by atoms with Crippen molar-refractivity contribution in [2.45, 2.75) is 13.0 Å². The van der Waals surface area contributed by atoms with Gasteiger partial charge in [-0.15, -0.1) is 0 Å². The second-order valence-corrected chi connectivity index (χ2v) is 5.57. The average molecular weight is 293 g/mol. The summed E-state index contributed by atoms with van der Waals surface area (Å²) in [4.78, 5) is 4.49. The summed E-state index contributed by atoms with van der Waals surface area (Å²) >= 11 is 5.02. The lowest BCUT2D eigenvalue weighted by atomic mass is 10.1. The smallest absolute Gasteiger partial charge is 0.231 e. The highest BCUT2D eigenvalue weighted by Gasteiger charge is 2.24. The van der Waals surface area contributed by atoms with Gasteiger partial charge in [0.05, 0.1) is 0 Å². The fraction of sp³-hybridized carbons (Fsp3) is 0.500. The highest BCUT2D eigenvalue weighted by atomic mass is 32.1. The van der Waals surface area contributed by atoms with Crippen LogP contribution in [0.15, 0.2) is 18.2 Å². The Morgan fingerprint density at radius 3 is 2.60 bits per heavy atom. The van der Waals surface area contributed by atoms with Gasteiger partial charge in [-0.2, -0.15) is 0 Å². The summed E-state index contributed by atoms with van der Waals surface area (Å²) in [6, 6.07) is 6.52. The van der Waals surface area contributed by atoms with Gasteiger partial charge in [0.1, 0.15) is 0 Å². The third-order valence-electron chi connectivity index (χ3n) is 4.05. The minimum Gasteiger partial charge on any atom is -0.454 e. The quantitative estimate of drug-likeness (QED) is 0.831. The summed E-state index contributed by atoms with van der Waals surface area (Å²) < 4.78 is 10.8. The van der Waals surface area contributed by atoms with Crippen LogP contribution in [-0.2, 0) is 0 Å². The van der Waals surface area contributed by atoms with Crippen molar-refractivity contribution in [1.29, 1.82) is 0 Å². The van der Waals surface area contributed by atoms with Gasteiger partial charge in [0.25, 0.3) is 0 Å². The molecule has 2 heterocycles. The van der Waals surface area contributed by atoms with Crippen molar-refractivity contribution in [2.75, 3.05) is 33.0 Å². The lowest BCUT2D eigenvalue weighted by Crippen LogP contribution is -2.50. The maximum atomic E-state index is 5.67. The topological polar surface area (TPSA) is 51.0 Å². The normalized spacial score (nSPS) is 19.9. The van der Waals surface area contributed by atoms with Crippen LogP contribution < -0.4 is 15.2 Å². The molecule has 2 N–H and O–H groups in total. The van der Waals surface area contributed by atoms with E-state index in [4.69, 9.17) is 27.4 Å². The number of thiocarbonyl (C=S) groups is 1. The highest BCUT2D eigenvalue weighted by Crippen LogP contribution is 2.35. The Hall–Kier alpha value is -1.53. The Balaban J connectivity index is 1.67. The molecule has 1 saturated heterocycles. The molecule has 3 rings (SSSR count). The number of nitrogens with zero attached hydrogens (tertiary/aromatic N) is 2. The molecule has 0 amide bonds. The van der Waals surface area contributed by atoms with Gasteiger partial charge in [0, 0.05) is 32.2 Å². The van der Waals surface area contributed by atoms with Gasteiger partial charge in [-0.1, -0.05) is 6.07 Å². The number of fused-ring (bicyclic) bond motifs is 1. The van der Waals surface area contributed by atoms with Crippen LogP contribution in [0.3, 0.4) is 0 Å². The molecule has 0 spiro atoms. The number of piperazine rings is 1. The van der Waals surface area contributed by atoms with Gasteiger partial charge in [0.2, 0.25) is 6.79 Å². The van der Waals surface area contributed by atoms with Crippen LogP contribution in [0.2, 0.25) is 0 Å². The maximum Gasteiger partial charge on any atom is 0.231 e. The molecule has 0 aliphatic carbocycles. The average Bonchev–Trinajstić information content (AvgIpc) is 2.94. The number of benzene rings is 1. The predicted octanol–water partition coefficient (Wildman–Crippen LogP) is 1.34. The molecule has 6 heteroatoms. The molecule has 1 aromatic rings. The molecular formula is C14H19N3O2S. The summed E-state index contributed by atoms with van der Waals surface area (Å²) in [6.45, 7) is 6.25. The molecule has 0 aromatic heterocycles. The van der Waals surface area contributed by atoms with Crippen LogP contribution in [0, 0.1) is 0 Å². The van der Waals surface area contributed by atoms with E-state index in [-0.39, 0.29) is 0 Å². The van der Waals surface area contributed by atoms with Crippen LogP contribution in [0.5, 0.6) is 11.5 Å². The summed E-state index contributed by atoms with van der Waals surface area (Å²) in [7, 11) is 0. The zero-order valence-corrected chi connectivity index (χ0v) is 12.4. The molecule has 5 nitrogen and oxygen atoms in total. The predicted molar refractivity (Wildman–Crippen MR) is 80.9 cm³/mol. The SMILES string of the molecule is CC(c1ccc2c(c1)OCO2)N1CCN(C(N)=S)CC1. The minimum absolute atomic E-state index is 0.319. The molecule has 0 bridgehead atoms. The summed E-state index contributed by atoms with van der Waals surface area (Å²) in [5, 5.41) is 0.500. The van der Waals surface area contributed by atoms with Crippen molar-refractivity contribution in [1.82, 2.24) is 9.80 Å². The zero-order chi connectivity index (χ0) is 14.1. The van der Waals surface area contributed by atoms with E-state index in [1.165, 1.54) is 5.56 Å². The summed E-state index contributed by atoms with van der Waals surface area (Å²) in [5.74, 6) is 1.68. The second kappa shape index (κ2) is 5.46. The second-order valence-electron chi connectivity index (χ2n) is 5.15. The first kappa shape index (κ1) is 13.5. The zero-order valence-electron chi connectivity index (χ0n) is 11.5. The molecule has 1 fully saturated rings. The standard InChI is InChI=1S/C14H19N3O2S/c1-10(16-4-6-17(7-5-16)14(15)20)11-2-3-12-13(8-11)19-9-18-12/h2-3,8,10H,4-7,9H2,1H3,(H2,15,20). The number of hydrogen-bond acceptors (Lipinski definition) is 4. The third-order valence-corrected chi connectivity index (χ3v) is 4.31. The van der Waals surface area contributed by atoms with Crippen LogP contribution in [0.1, 0.15) is 18.5 Å². The van der Waals surface area contributed by atoms with Gasteiger partial charge in [-0.05, 0) is 36.8 Å². The molecule has 1 aromatic carbocycles. The summed E-state index contributed by atoms with van der Waals surface area (Å²) in [6.07, 6.45) is 0. The number of ether oxygens (including phenoxy) is 2. The molecule has 0 radical (unpaired) electrons. The highest BCUT2D eigenvalue weighted by molar-refractivity contribution is 7.80. The van der Waals surface area contributed by atoms with Gasteiger partial charge in [-0.25, -0.2) is 0 Å². The van der Waals surface area contributed by atoms with Crippen molar-refractivity contribution in [3.05, 3.63) is 23.8 Å². The van der Waals surface area contributed by atoms with Crippen molar-refractivity contribution in [3.63, 3.8) is 0 Å². The van der Waals surface area contributed by atoms with Crippen molar-refractivity contribution in [3.8, 4) is 11.5 Å². The van der Waals surface area contributed by atoms with Crippen LogP contribution in [-0.4, -0.2) is 47.9 Å². The van der Waals surface area contributed by atoms with E-state index < -0.39 is 0 Å². The Kier molecular flexibility index (Phi) is 3.67. The molecule has 20 heavy (non-hydrogen) atoms. The molecule has 2 aliphatic heterocycles. The maximum absolute atomic E-state index is 5.67. The Labute approximate surface area is 124 Å². The Morgan fingerprint density at radius 2 is 1.90 bits per heavy atom. The third kappa shape index (κ3) is 2.53. The number of rotatable bonds is 2. The van der Waals surface area contributed by atoms with Gasteiger partial charge in [-0.3, -0.25) is 4.90 Å². The molecule has 108 valence electrons. The lowest BCUT2D eigenvalue weighted by molar-refractivity contribution is 0.141. The monoisotopic (exact) mass is 293 g/mol. The van der Waals surface area contributed by atoms with Gasteiger partial charge < -0.3 is 20.1 Å². The first-order chi connectivity index (χ1) is 9.65. The van der Waals surface area contributed by atoms with Crippen LogP contribution in [0.25, 0.3) is 0 Å². The lowest BCUT2D eigenvalue weighted by Gasteiger charge is -2.38. The number of nitrogens with two attached hydrogens (primary N) is 1. The van der Waals surface area contributed by atoms with E-state index in [1.54, 1.807) is 0 Å². The molecule has 0 saturated carbocycles. The Bertz CT molecular complexity index is 515. The first-order valence-electron chi connectivity index (χ1n) is 6.83. The van der Waals surface area contributed by atoms with Gasteiger partial charge in [0.15, 0.2) is 16.6 Å². The van der Waals surface area contributed by atoms with Crippen LogP contribution in [0.4, 0.5) is 0 Å². The molecule has 1 unspecified atom stereocenters. The largest absolute Gasteiger partial charge is 0.454 e. The van der Waals surface area contributed by atoms with Crippen molar-refractivity contribution in [2.24, 2.45) is 5.73 Å². The van der Waals surface area contributed by atoms with E-state index in [9.17, 15) is 0 Å². The minimum atomic E-state index is 0.319. The van der Waals surface area contributed by atoms with Crippen LogP contribution >= 0.6 is 12.2 Å². The van der Waals surface area contributed by atoms with E-state index in [1.807, 2.05) is 6.07 Å². The molecule has 1 atom stereocenters.